The molecule has 9 nitrogen and oxygen atoms in total. The zero-order valence-electron chi connectivity index (χ0n) is 13.7. The zero-order valence-corrected chi connectivity index (χ0v) is 13.7. The number of rotatable bonds is 7. The molecule has 0 saturated heterocycles. The number of nitro benzene ring substituents is 1. The summed E-state index contributed by atoms with van der Waals surface area (Å²) in [5.74, 6) is -0.160. The largest absolute Gasteiger partial charge is 0.452 e. The molecule has 1 aromatic carbocycles. The Hall–Kier alpha value is -2.97. The Kier molecular flexibility index (Phi) is 5.46. The standard InChI is InChI=1S/C15H18N4O5/c1-4-18(5-2)13-7-6-11(19(21)22)8-12(13)15(20)23-9-14-17-16-10(3)24-14/h6-8H,4-5,9H2,1-3H3. The second kappa shape index (κ2) is 7.53. The van der Waals surface area contributed by atoms with E-state index in [2.05, 4.69) is 10.2 Å². The zero-order chi connectivity index (χ0) is 17.7. The number of anilines is 1. The van der Waals surface area contributed by atoms with Gasteiger partial charge in [0.05, 0.1) is 16.2 Å². The number of esters is 1. The van der Waals surface area contributed by atoms with Gasteiger partial charge in [-0.15, -0.1) is 10.2 Å². The van der Waals surface area contributed by atoms with Crippen molar-refractivity contribution >= 4 is 17.3 Å². The Balaban J connectivity index is 2.28. The Morgan fingerprint density at radius 1 is 1.33 bits per heavy atom. The van der Waals surface area contributed by atoms with Crippen molar-refractivity contribution in [1.29, 1.82) is 0 Å². The van der Waals surface area contributed by atoms with Crippen LogP contribution in [0, 0.1) is 17.0 Å². The number of nitrogens with zero attached hydrogens (tertiary/aromatic N) is 4. The molecular formula is C15H18N4O5. The average Bonchev–Trinajstić information content (AvgIpc) is 2.99. The number of hydrogen-bond donors (Lipinski definition) is 0. The Morgan fingerprint density at radius 3 is 2.58 bits per heavy atom. The number of benzene rings is 1. The van der Waals surface area contributed by atoms with Crippen LogP contribution in [0.2, 0.25) is 0 Å². The van der Waals surface area contributed by atoms with Crippen LogP contribution in [0.25, 0.3) is 0 Å². The normalized spacial score (nSPS) is 10.5. The molecule has 0 unspecified atom stereocenters. The highest BCUT2D eigenvalue weighted by Gasteiger charge is 2.21. The third-order valence-corrected chi connectivity index (χ3v) is 3.41. The van der Waals surface area contributed by atoms with Crippen LogP contribution in [-0.2, 0) is 11.3 Å². The van der Waals surface area contributed by atoms with E-state index in [9.17, 15) is 14.9 Å². The van der Waals surface area contributed by atoms with E-state index in [0.29, 0.717) is 24.7 Å². The molecular weight excluding hydrogens is 316 g/mol. The first kappa shape index (κ1) is 17.4. The molecule has 0 aliphatic carbocycles. The summed E-state index contributed by atoms with van der Waals surface area (Å²) in [4.78, 5) is 24.7. The van der Waals surface area contributed by atoms with E-state index in [0.717, 1.165) is 0 Å². The van der Waals surface area contributed by atoms with Gasteiger partial charge in [-0.1, -0.05) is 0 Å². The average molecular weight is 334 g/mol. The molecule has 0 N–H and O–H groups in total. The van der Waals surface area contributed by atoms with Gasteiger partial charge in [0.2, 0.25) is 5.89 Å². The van der Waals surface area contributed by atoms with Crippen molar-refractivity contribution in [3.8, 4) is 0 Å². The van der Waals surface area contributed by atoms with E-state index in [1.165, 1.54) is 12.1 Å². The van der Waals surface area contributed by atoms with Gasteiger partial charge >= 0.3 is 5.97 Å². The summed E-state index contributed by atoms with van der Waals surface area (Å²) in [5, 5.41) is 18.4. The van der Waals surface area contributed by atoms with Gasteiger partial charge in [-0.2, -0.15) is 0 Å². The summed E-state index contributed by atoms with van der Waals surface area (Å²) in [5.41, 5.74) is 0.535. The van der Waals surface area contributed by atoms with Crippen LogP contribution in [-0.4, -0.2) is 34.2 Å². The van der Waals surface area contributed by atoms with Crippen LogP contribution >= 0.6 is 0 Å². The van der Waals surface area contributed by atoms with Gasteiger partial charge in [-0.3, -0.25) is 10.1 Å². The molecule has 128 valence electrons. The van der Waals surface area contributed by atoms with Crippen LogP contribution in [0.5, 0.6) is 0 Å². The smallest absolute Gasteiger partial charge is 0.341 e. The van der Waals surface area contributed by atoms with E-state index in [-0.39, 0.29) is 23.7 Å². The van der Waals surface area contributed by atoms with Crippen molar-refractivity contribution in [3.63, 3.8) is 0 Å². The number of aromatic nitrogens is 2. The van der Waals surface area contributed by atoms with Gasteiger partial charge < -0.3 is 14.1 Å². The van der Waals surface area contributed by atoms with Crippen molar-refractivity contribution < 1.29 is 18.9 Å². The fourth-order valence-corrected chi connectivity index (χ4v) is 2.24. The highest BCUT2D eigenvalue weighted by Crippen LogP contribution is 2.26. The molecule has 2 rings (SSSR count). The number of carbonyl (C=O) groups excluding carboxylic acids is 1. The lowest BCUT2D eigenvalue weighted by Gasteiger charge is -2.23. The molecule has 1 heterocycles. The fraction of sp³-hybridized carbons (Fsp3) is 0.400. The molecule has 0 saturated carbocycles. The van der Waals surface area contributed by atoms with Crippen LogP contribution < -0.4 is 4.90 Å². The topological polar surface area (TPSA) is 112 Å². The molecule has 0 aliphatic heterocycles. The van der Waals surface area contributed by atoms with Gasteiger partial charge in [0.15, 0.2) is 6.61 Å². The molecule has 0 atom stereocenters. The fourth-order valence-electron chi connectivity index (χ4n) is 2.24. The molecule has 0 spiro atoms. The van der Waals surface area contributed by atoms with Crippen LogP contribution in [0.1, 0.15) is 36.0 Å². The Morgan fingerprint density at radius 2 is 2.04 bits per heavy atom. The number of carbonyl (C=O) groups is 1. The van der Waals surface area contributed by atoms with Crippen LogP contribution in [0.15, 0.2) is 22.6 Å². The molecule has 1 aromatic heterocycles. The molecule has 0 amide bonds. The molecule has 2 aromatic rings. The maximum Gasteiger partial charge on any atom is 0.341 e. The molecule has 0 fully saturated rings. The summed E-state index contributed by atoms with van der Waals surface area (Å²) in [6, 6.07) is 4.14. The first-order valence-electron chi connectivity index (χ1n) is 7.45. The monoisotopic (exact) mass is 334 g/mol. The second-order valence-electron chi connectivity index (χ2n) is 4.92. The van der Waals surface area contributed by atoms with Crippen molar-refractivity contribution in [1.82, 2.24) is 10.2 Å². The highest BCUT2D eigenvalue weighted by molar-refractivity contribution is 5.96. The summed E-state index contributed by atoms with van der Waals surface area (Å²) >= 11 is 0. The Labute approximate surface area is 138 Å². The molecule has 9 heteroatoms. The van der Waals surface area contributed by atoms with Crippen LogP contribution in [0.3, 0.4) is 0 Å². The lowest BCUT2D eigenvalue weighted by Crippen LogP contribution is -2.24. The van der Waals surface area contributed by atoms with Crippen molar-refractivity contribution in [2.24, 2.45) is 0 Å². The maximum absolute atomic E-state index is 12.4. The van der Waals surface area contributed by atoms with E-state index in [1.807, 2.05) is 18.7 Å². The van der Waals surface area contributed by atoms with Gasteiger partial charge in [0.25, 0.3) is 11.6 Å². The Bertz CT molecular complexity index is 739. The van der Waals surface area contributed by atoms with E-state index in [4.69, 9.17) is 9.15 Å². The minimum Gasteiger partial charge on any atom is -0.452 e. The third-order valence-electron chi connectivity index (χ3n) is 3.41. The summed E-state index contributed by atoms with van der Waals surface area (Å²) in [6.45, 7) is 6.59. The van der Waals surface area contributed by atoms with Crippen molar-refractivity contribution in [2.75, 3.05) is 18.0 Å². The van der Waals surface area contributed by atoms with Gasteiger partial charge in [-0.05, 0) is 19.9 Å². The number of aryl methyl sites for hydroxylation is 1. The van der Waals surface area contributed by atoms with Gasteiger partial charge in [-0.25, -0.2) is 4.79 Å². The number of hydrogen-bond acceptors (Lipinski definition) is 8. The lowest BCUT2D eigenvalue weighted by molar-refractivity contribution is -0.384. The number of nitro groups is 1. The SMILES string of the molecule is CCN(CC)c1ccc([N+](=O)[O-])cc1C(=O)OCc1nnc(C)o1. The number of ether oxygens (including phenoxy) is 1. The van der Waals surface area contributed by atoms with Gasteiger partial charge in [0, 0.05) is 32.1 Å². The minimum absolute atomic E-state index is 0.129. The number of non-ortho nitro benzene ring substituents is 1. The molecule has 0 radical (unpaired) electrons. The predicted octanol–water partition coefficient (Wildman–Crippen LogP) is 2.49. The van der Waals surface area contributed by atoms with E-state index < -0.39 is 10.9 Å². The molecule has 0 aliphatic rings. The summed E-state index contributed by atoms with van der Waals surface area (Å²) in [6.07, 6.45) is 0. The minimum atomic E-state index is -0.684. The first-order chi connectivity index (χ1) is 11.5. The second-order valence-corrected chi connectivity index (χ2v) is 4.92. The summed E-state index contributed by atoms with van der Waals surface area (Å²) in [7, 11) is 0. The van der Waals surface area contributed by atoms with Crippen molar-refractivity contribution in [3.05, 3.63) is 45.7 Å². The van der Waals surface area contributed by atoms with Crippen molar-refractivity contribution in [2.45, 2.75) is 27.4 Å². The van der Waals surface area contributed by atoms with E-state index >= 15 is 0 Å². The lowest BCUT2D eigenvalue weighted by atomic mass is 10.1. The summed E-state index contributed by atoms with van der Waals surface area (Å²) < 4.78 is 10.3. The van der Waals surface area contributed by atoms with E-state index in [1.54, 1.807) is 13.0 Å². The molecule has 0 bridgehead atoms. The maximum atomic E-state index is 12.4. The third kappa shape index (κ3) is 3.86. The predicted molar refractivity (Wildman–Crippen MR) is 84.8 cm³/mol. The van der Waals surface area contributed by atoms with Crippen LogP contribution in [0.4, 0.5) is 11.4 Å². The molecule has 24 heavy (non-hydrogen) atoms. The highest BCUT2D eigenvalue weighted by atomic mass is 16.6. The first-order valence-corrected chi connectivity index (χ1v) is 7.45. The quantitative estimate of drug-likeness (QED) is 0.431. The van der Waals surface area contributed by atoms with Gasteiger partial charge in [0.1, 0.15) is 0 Å².